The quantitative estimate of drug-likeness (QED) is 0.600. The van der Waals surface area contributed by atoms with Gasteiger partial charge in [0.15, 0.2) is 0 Å². The SMILES string of the molecule is O=C(CSc1n[nH]c(CC2CCCC2)n1)N1CCN(S(=O)(=O)c2ccc(Cl)s2)CC1. The van der Waals surface area contributed by atoms with Gasteiger partial charge in [0.05, 0.1) is 10.1 Å². The summed E-state index contributed by atoms with van der Waals surface area (Å²) in [7, 11) is -3.55. The van der Waals surface area contributed by atoms with Crippen LogP contribution in [0.15, 0.2) is 21.5 Å². The fraction of sp³-hybridized carbons (Fsp3) is 0.611. The molecule has 4 rings (SSSR count). The first-order valence-electron chi connectivity index (χ1n) is 9.99. The summed E-state index contributed by atoms with van der Waals surface area (Å²) >= 11 is 8.23. The Hall–Kier alpha value is -1.14. The van der Waals surface area contributed by atoms with Gasteiger partial charge < -0.3 is 4.90 Å². The lowest BCUT2D eigenvalue weighted by Crippen LogP contribution is -2.50. The second kappa shape index (κ2) is 9.56. The summed E-state index contributed by atoms with van der Waals surface area (Å²) in [5.74, 6) is 1.80. The monoisotopic (exact) mass is 489 g/mol. The number of rotatable bonds is 7. The largest absolute Gasteiger partial charge is 0.339 e. The van der Waals surface area contributed by atoms with Crippen molar-refractivity contribution in [2.75, 3.05) is 31.9 Å². The van der Waals surface area contributed by atoms with E-state index < -0.39 is 10.0 Å². The highest BCUT2D eigenvalue weighted by molar-refractivity contribution is 7.99. The molecule has 1 saturated carbocycles. The Kier molecular flexibility index (Phi) is 7.03. The topological polar surface area (TPSA) is 99.3 Å². The van der Waals surface area contributed by atoms with Crippen molar-refractivity contribution in [1.82, 2.24) is 24.4 Å². The smallest absolute Gasteiger partial charge is 0.252 e. The molecule has 2 aliphatic rings. The number of aromatic nitrogens is 3. The van der Waals surface area contributed by atoms with Crippen LogP contribution in [-0.2, 0) is 21.2 Å². The van der Waals surface area contributed by atoms with Gasteiger partial charge in [-0.05, 0) is 18.1 Å². The van der Waals surface area contributed by atoms with Crippen molar-refractivity contribution in [3.05, 3.63) is 22.3 Å². The minimum absolute atomic E-state index is 0.0293. The van der Waals surface area contributed by atoms with Gasteiger partial charge >= 0.3 is 0 Å². The Morgan fingerprint density at radius 2 is 1.97 bits per heavy atom. The van der Waals surface area contributed by atoms with E-state index in [0.717, 1.165) is 23.6 Å². The molecule has 3 heterocycles. The summed E-state index contributed by atoms with van der Waals surface area (Å²) in [6.07, 6.45) is 6.02. The molecule has 1 aliphatic heterocycles. The average Bonchev–Trinajstić information content (AvgIpc) is 3.49. The highest BCUT2D eigenvalue weighted by Gasteiger charge is 2.31. The highest BCUT2D eigenvalue weighted by Crippen LogP contribution is 2.29. The maximum atomic E-state index is 12.7. The third kappa shape index (κ3) is 5.18. The third-order valence-corrected chi connectivity index (χ3v) is 9.96. The van der Waals surface area contributed by atoms with Crippen molar-refractivity contribution in [1.29, 1.82) is 0 Å². The Labute approximate surface area is 189 Å². The van der Waals surface area contributed by atoms with Gasteiger partial charge in [0.2, 0.25) is 11.1 Å². The van der Waals surface area contributed by atoms with Crippen LogP contribution in [0, 0.1) is 5.92 Å². The van der Waals surface area contributed by atoms with E-state index in [-0.39, 0.29) is 29.0 Å². The molecule has 0 bridgehead atoms. The number of sulfonamides is 1. The molecule has 2 aromatic rings. The number of carbonyl (C=O) groups is 1. The van der Waals surface area contributed by atoms with E-state index in [4.69, 9.17) is 11.6 Å². The normalized spacial score (nSPS) is 18.9. The van der Waals surface area contributed by atoms with Gasteiger partial charge in [0, 0.05) is 32.6 Å². The Bertz CT molecular complexity index is 979. The van der Waals surface area contributed by atoms with Crippen LogP contribution in [0.25, 0.3) is 0 Å². The van der Waals surface area contributed by atoms with E-state index in [1.807, 2.05) is 0 Å². The van der Waals surface area contributed by atoms with Gasteiger partial charge in [0.25, 0.3) is 10.0 Å². The zero-order valence-corrected chi connectivity index (χ0v) is 19.6. The maximum absolute atomic E-state index is 12.7. The Morgan fingerprint density at radius 3 is 2.63 bits per heavy atom. The molecule has 30 heavy (non-hydrogen) atoms. The summed E-state index contributed by atoms with van der Waals surface area (Å²) in [5.41, 5.74) is 0. The van der Waals surface area contributed by atoms with Crippen molar-refractivity contribution in [2.24, 2.45) is 5.92 Å². The fourth-order valence-corrected chi connectivity index (χ4v) is 7.66. The van der Waals surface area contributed by atoms with Crippen molar-refractivity contribution in [3.63, 3.8) is 0 Å². The first kappa shape index (κ1) is 22.1. The van der Waals surface area contributed by atoms with E-state index in [9.17, 15) is 13.2 Å². The first-order chi connectivity index (χ1) is 14.4. The number of piperazine rings is 1. The molecule has 1 N–H and O–H groups in total. The molecule has 164 valence electrons. The lowest BCUT2D eigenvalue weighted by atomic mass is 10.0. The van der Waals surface area contributed by atoms with Crippen molar-refractivity contribution in [3.8, 4) is 0 Å². The molecule has 8 nitrogen and oxygen atoms in total. The molecule has 0 spiro atoms. The van der Waals surface area contributed by atoms with Crippen LogP contribution < -0.4 is 0 Å². The molecule has 1 saturated heterocycles. The van der Waals surface area contributed by atoms with Crippen LogP contribution in [0.2, 0.25) is 4.34 Å². The first-order valence-corrected chi connectivity index (χ1v) is 13.6. The second-order valence-electron chi connectivity index (χ2n) is 7.55. The van der Waals surface area contributed by atoms with E-state index in [1.165, 1.54) is 47.8 Å². The standard InChI is InChI=1S/C18H24ClN5O3S3/c19-14-5-6-17(29-14)30(26,27)24-9-7-23(8-10-24)16(25)12-28-18-20-15(21-22-18)11-13-3-1-2-4-13/h5-6,13H,1-4,7-12H2,(H,20,21,22). The molecular weight excluding hydrogens is 466 g/mol. The number of nitrogens with zero attached hydrogens (tertiary/aromatic N) is 4. The maximum Gasteiger partial charge on any atom is 0.252 e. The summed E-state index contributed by atoms with van der Waals surface area (Å²) in [4.78, 5) is 18.7. The Balaban J connectivity index is 1.24. The summed E-state index contributed by atoms with van der Waals surface area (Å²) < 4.78 is 27.4. The number of hydrogen-bond donors (Lipinski definition) is 1. The zero-order valence-electron chi connectivity index (χ0n) is 16.4. The zero-order chi connectivity index (χ0) is 21.1. The summed E-state index contributed by atoms with van der Waals surface area (Å²) in [6, 6.07) is 3.10. The molecule has 2 aromatic heterocycles. The van der Waals surface area contributed by atoms with Crippen LogP contribution in [0.1, 0.15) is 31.5 Å². The number of thioether (sulfide) groups is 1. The van der Waals surface area contributed by atoms with Crippen molar-refractivity contribution < 1.29 is 13.2 Å². The molecule has 2 fully saturated rings. The van der Waals surface area contributed by atoms with Crippen LogP contribution in [0.5, 0.6) is 0 Å². The number of thiophene rings is 1. The minimum Gasteiger partial charge on any atom is -0.339 e. The van der Waals surface area contributed by atoms with E-state index in [2.05, 4.69) is 15.2 Å². The van der Waals surface area contributed by atoms with Gasteiger partial charge in [0.1, 0.15) is 10.0 Å². The summed E-state index contributed by atoms with van der Waals surface area (Å²) in [5, 5.41) is 7.79. The predicted octanol–water partition coefficient (Wildman–Crippen LogP) is 2.88. The Morgan fingerprint density at radius 1 is 1.23 bits per heavy atom. The van der Waals surface area contributed by atoms with E-state index >= 15 is 0 Å². The fourth-order valence-electron chi connectivity index (χ4n) is 3.88. The number of hydrogen-bond acceptors (Lipinski definition) is 7. The van der Waals surface area contributed by atoms with Crippen LogP contribution in [-0.4, -0.2) is 70.6 Å². The number of halogens is 1. The number of aromatic amines is 1. The number of H-pyrrole nitrogens is 1. The molecule has 12 heteroatoms. The second-order valence-corrected chi connectivity index (χ2v) is 12.4. The molecule has 0 atom stereocenters. The molecule has 0 radical (unpaired) electrons. The molecule has 1 amide bonds. The van der Waals surface area contributed by atoms with E-state index in [0.29, 0.717) is 28.5 Å². The number of amides is 1. The van der Waals surface area contributed by atoms with Crippen molar-refractivity contribution in [2.45, 2.75) is 41.5 Å². The minimum atomic E-state index is -3.55. The number of nitrogens with one attached hydrogen (secondary N) is 1. The highest BCUT2D eigenvalue weighted by atomic mass is 35.5. The summed E-state index contributed by atoms with van der Waals surface area (Å²) in [6.45, 7) is 1.30. The van der Waals surface area contributed by atoms with Crippen LogP contribution in [0.3, 0.4) is 0 Å². The van der Waals surface area contributed by atoms with E-state index in [1.54, 1.807) is 11.0 Å². The average molecular weight is 490 g/mol. The van der Waals surface area contributed by atoms with Gasteiger partial charge in [-0.2, -0.15) is 4.31 Å². The van der Waals surface area contributed by atoms with Gasteiger partial charge in [-0.1, -0.05) is 49.0 Å². The van der Waals surface area contributed by atoms with Crippen LogP contribution in [0.4, 0.5) is 0 Å². The molecule has 1 aliphatic carbocycles. The molecular formula is C18H24ClN5O3S3. The van der Waals surface area contributed by atoms with Gasteiger partial charge in [-0.3, -0.25) is 9.89 Å². The lowest BCUT2D eigenvalue weighted by Gasteiger charge is -2.33. The molecule has 0 aromatic carbocycles. The van der Waals surface area contributed by atoms with Gasteiger partial charge in [-0.15, -0.1) is 16.4 Å². The molecule has 0 unspecified atom stereocenters. The lowest BCUT2D eigenvalue weighted by molar-refractivity contribution is -0.129. The third-order valence-electron chi connectivity index (χ3n) is 5.53. The van der Waals surface area contributed by atoms with Crippen LogP contribution >= 0.6 is 34.7 Å². The van der Waals surface area contributed by atoms with Gasteiger partial charge in [-0.25, -0.2) is 13.4 Å². The number of carbonyl (C=O) groups excluding carboxylic acids is 1. The predicted molar refractivity (Wildman–Crippen MR) is 117 cm³/mol. The van der Waals surface area contributed by atoms with Crippen molar-refractivity contribution >= 4 is 50.6 Å².